The van der Waals surface area contributed by atoms with Gasteiger partial charge < -0.3 is 14.1 Å². The van der Waals surface area contributed by atoms with Gasteiger partial charge in [0, 0.05) is 12.8 Å². The molecule has 2 atom stereocenters. The maximum atomic E-state index is 12.4. The number of carbonyl (C=O) groups is 1. The Kier molecular flexibility index (Phi) is 20.6. The van der Waals surface area contributed by atoms with Crippen LogP contribution in [0.1, 0.15) is 116 Å². The molecule has 41 heavy (non-hydrogen) atoms. The van der Waals surface area contributed by atoms with Gasteiger partial charge in [-0.05, 0) is 56.2 Å². The summed E-state index contributed by atoms with van der Waals surface area (Å²) in [5, 5.41) is 0. The average Bonchev–Trinajstić information content (AvgIpc) is 2.95. The molecule has 0 amide bonds. The molecule has 2 unspecified atom stereocenters. The summed E-state index contributed by atoms with van der Waals surface area (Å²) in [5.74, 6) is 0.754. The van der Waals surface area contributed by atoms with Gasteiger partial charge in [0.15, 0.2) is 0 Å². The van der Waals surface area contributed by atoms with E-state index < -0.39 is 7.82 Å². The molecule has 0 saturated carbocycles. The molecular weight excluding hydrogens is 537 g/mol. The van der Waals surface area contributed by atoms with Crippen LogP contribution in [0.25, 0.3) is 0 Å². The summed E-state index contributed by atoms with van der Waals surface area (Å²) in [7, 11) is 0.164. The number of benzene rings is 1. The predicted octanol–water partition coefficient (Wildman–Crippen LogP) is 8.52. The molecule has 0 aliphatic heterocycles. The third-order valence-corrected chi connectivity index (χ3v) is 8.85. The van der Waals surface area contributed by atoms with E-state index in [0.717, 1.165) is 48.3 Å². The first-order valence-corrected chi connectivity index (χ1v) is 17.8. The van der Waals surface area contributed by atoms with E-state index in [1.807, 2.05) is 31.2 Å². The summed E-state index contributed by atoms with van der Waals surface area (Å²) in [6.07, 6.45) is 15.9. The topological polar surface area (TPSA) is 82.1 Å². The van der Waals surface area contributed by atoms with Crippen LogP contribution < -0.4 is 4.74 Å². The Bertz CT molecular complexity index is 845. The number of phosphoric acid groups is 1. The minimum absolute atomic E-state index is 0.00371. The molecule has 1 N–H and O–H groups in total. The maximum Gasteiger partial charge on any atom is 0.472 e. The van der Waals surface area contributed by atoms with Crippen LogP contribution in [0.2, 0.25) is 0 Å². The molecule has 238 valence electrons. The van der Waals surface area contributed by atoms with Crippen molar-refractivity contribution in [2.24, 2.45) is 5.92 Å². The van der Waals surface area contributed by atoms with Gasteiger partial charge in [-0.3, -0.25) is 13.8 Å². The van der Waals surface area contributed by atoms with E-state index in [9.17, 15) is 14.3 Å². The summed E-state index contributed by atoms with van der Waals surface area (Å²) < 4.78 is 29.8. The van der Waals surface area contributed by atoms with Crippen molar-refractivity contribution in [3.63, 3.8) is 0 Å². The second-order valence-electron chi connectivity index (χ2n) is 12.1. The summed E-state index contributed by atoms with van der Waals surface area (Å²) in [6.45, 7) is 9.16. The van der Waals surface area contributed by atoms with Crippen molar-refractivity contribution in [3.8, 4) is 5.75 Å². The van der Waals surface area contributed by atoms with Gasteiger partial charge >= 0.3 is 7.82 Å². The molecule has 0 aliphatic rings. The lowest BCUT2D eigenvalue weighted by atomic mass is 9.94. The zero-order chi connectivity index (χ0) is 30.4. The third-order valence-electron chi connectivity index (χ3n) is 7.87. The SMILES string of the molecule is CCCCCCCCCCCCOc1ccc(CC(COP(=O)(O)OCCCC[N+](C)(C)CC)CC(=O)CC)cc1. The van der Waals surface area contributed by atoms with Crippen molar-refractivity contribution in [1.82, 2.24) is 0 Å². The molecule has 1 aromatic carbocycles. The first kappa shape index (κ1) is 37.8. The van der Waals surface area contributed by atoms with Crippen molar-refractivity contribution in [2.75, 3.05) is 47.0 Å². The van der Waals surface area contributed by atoms with Gasteiger partial charge in [0.25, 0.3) is 0 Å². The van der Waals surface area contributed by atoms with Gasteiger partial charge in [0.05, 0.1) is 47.0 Å². The number of hydrogen-bond acceptors (Lipinski definition) is 5. The van der Waals surface area contributed by atoms with Gasteiger partial charge in [-0.25, -0.2) is 4.57 Å². The largest absolute Gasteiger partial charge is 0.494 e. The third kappa shape index (κ3) is 20.3. The summed E-state index contributed by atoms with van der Waals surface area (Å²) in [4.78, 5) is 22.4. The number of quaternary nitrogens is 1. The Morgan fingerprint density at radius 2 is 1.41 bits per heavy atom. The van der Waals surface area contributed by atoms with Crippen molar-refractivity contribution < 1.29 is 32.5 Å². The molecule has 0 saturated heterocycles. The van der Waals surface area contributed by atoms with Crippen molar-refractivity contribution in [2.45, 2.75) is 117 Å². The van der Waals surface area contributed by atoms with Gasteiger partial charge in [-0.2, -0.15) is 0 Å². The van der Waals surface area contributed by atoms with Gasteiger partial charge in [-0.15, -0.1) is 0 Å². The first-order valence-electron chi connectivity index (χ1n) is 16.3. The van der Waals surface area contributed by atoms with Crippen molar-refractivity contribution >= 4 is 13.6 Å². The summed E-state index contributed by atoms with van der Waals surface area (Å²) in [5.41, 5.74) is 1.04. The van der Waals surface area contributed by atoms with E-state index >= 15 is 0 Å². The molecule has 0 fully saturated rings. The number of ketones is 1. The predicted molar refractivity (Wildman–Crippen MR) is 169 cm³/mol. The minimum atomic E-state index is -4.17. The molecule has 1 aromatic rings. The molecule has 0 aliphatic carbocycles. The highest BCUT2D eigenvalue weighted by molar-refractivity contribution is 7.47. The quantitative estimate of drug-likeness (QED) is 0.0621. The number of phosphoric ester groups is 1. The van der Waals surface area contributed by atoms with Crippen LogP contribution in [0.4, 0.5) is 0 Å². The fraction of sp³-hybridized carbons (Fsp3) is 0.788. The Morgan fingerprint density at radius 3 is 2.00 bits per heavy atom. The molecule has 8 heteroatoms. The molecular formula is C33H61NO6P+. The van der Waals surface area contributed by atoms with Crippen molar-refractivity contribution in [1.29, 1.82) is 0 Å². The number of carbonyl (C=O) groups excluding carboxylic acids is 1. The van der Waals surface area contributed by atoms with Crippen LogP contribution in [0, 0.1) is 5.92 Å². The highest BCUT2D eigenvalue weighted by Gasteiger charge is 2.24. The average molecular weight is 599 g/mol. The Morgan fingerprint density at radius 1 is 0.829 bits per heavy atom. The van der Waals surface area contributed by atoms with E-state index in [-0.39, 0.29) is 24.9 Å². The van der Waals surface area contributed by atoms with E-state index in [1.54, 1.807) is 0 Å². The number of rotatable bonds is 27. The normalized spacial score (nSPS) is 14.1. The highest BCUT2D eigenvalue weighted by Crippen LogP contribution is 2.44. The lowest BCUT2D eigenvalue weighted by molar-refractivity contribution is -0.888. The van der Waals surface area contributed by atoms with Gasteiger partial charge in [0.1, 0.15) is 11.5 Å². The smallest absolute Gasteiger partial charge is 0.472 e. The first-order chi connectivity index (χ1) is 19.6. The summed E-state index contributed by atoms with van der Waals surface area (Å²) >= 11 is 0. The number of Topliss-reactive ketones (excluding diaryl/α,β-unsaturated/α-hetero) is 1. The molecule has 0 bridgehead atoms. The molecule has 1 rings (SSSR count). The van der Waals surface area contributed by atoms with Crippen LogP contribution in [0.15, 0.2) is 24.3 Å². The van der Waals surface area contributed by atoms with Gasteiger partial charge in [0.2, 0.25) is 0 Å². The number of unbranched alkanes of at least 4 members (excludes halogenated alkanes) is 10. The molecule has 0 radical (unpaired) electrons. The molecule has 7 nitrogen and oxygen atoms in total. The number of hydrogen-bond donors (Lipinski definition) is 1. The van der Waals surface area contributed by atoms with E-state index in [4.69, 9.17) is 13.8 Å². The Hall–Kier alpha value is -1.24. The molecule has 0 heterocycles. The monoisotopic (exact) mass is 598 g/mol. The molecule has 0 spiro atoms. The fourth-order valence-corrected chi connectivity index (χ4v) is 5.54. The second kappa shape index (κ2) is 22.3. The van der Waals surface area contributed by atoms with E-state index in [0.29, 0.717) is 25.7 Å². The summed E-state index contributed by atoms with van der Waals surface area (Å²) in [6, 6.07) is 7.93. The number of nitrogens with zero attached hydrogens (tertiary/aromatic N) is 1. The Balaban J connectivity index is 2.38. The van der Waals surface area contributed by atoms with Crippen LogP contribution >= 0.6 is 7.82 Å². The fourth-order valence-electron chi connectivity index (χ4n) is 4.71. The van der Waals surface area contributed by atoms with Crippen LogP contribution in [-0.4, -0.2) is 62.2 Å². The Labute approximate surface area is 251 Å². The lowest BCUT2D eigenvalue weighted by Gasteiger charge is -2.28. The van der Waals surface area contributed by atoms with E-state index in [1.165, 1.54) is 57.8 Å². The zero-order valence-electron chi connectivity index (χ0n) is 26.9. The number of ether oxygens (including phenoxy) is 1. The van der Waals surface area contributed by atoms with Gasteiger partial charge in [-0.1, -0.05) is 83.8 Å². The molecule has 0 aromatic heterocycles. The maximum absolute atomic E-state index is 12.4. The second-order valence-corrected chi connectivity index (χ2v) is 13.6. The van der Waals surface area contributed by atoms with Crippen LogP contribution in [-0.2, 0) is 24.8 Å². The minimum Gasteiger partial charge on any atom is -0.494 e. The van der Waals surface area contributed by atoms with Crippen LogP contribution in [0.5, 0.6) is 5.75 Å². The van der Waals surface area contributed by atoms with Crippen molar-refractivity contribution in [3.05, 3.63) is 29.8 Å². The highest BCUT2D eigenvalue weighted by atomic mass is 31.2. The lowest BCUT2D eigenvalue weighted by Crippen LogP contribution is -2.39. The standard InChI is InChI=1S/C33H60NO6P/c1-6-9-10-11-12-13-14-15-16-18-25-38-33-22-20-30(21-23-33)27-31(28-32(35)7-2)29-40-41(36,37)39-26-19-17-24-34(4,5)8-3/h20-23,31H,6-19,24-29H2,1-5H3/p+1. The van der Waals surface area contributed by atoms with E-state index in [2.05, 4.69) is 27.9 Å². The zero-order valence-corrected chi connectivity index (χ0v) is 27.8. The van der Waals surface area contributed by atoms with Crippen LogP contribution in [0.3, 0.4) is 0 Å².